The largest absolute Gasteiger partial charge is 0.379 e. The molecule has 1 N–H and O–H groups in total. The van der Waals surface area contributed by atoms with Crippen LogP contribution in [0.5, 0.6) is 0 Å². The third-order valence-corrected chi connectivity index (χ3v) is 3.17. The molecule has 1 unspecified atom stereocenters. The number of benzene rings is 1. The van der Waals surface area contributed by atoms with Crippen LogP contribution in [0.1, 0.15) is 12.5 Å². The summed E-state index contributed by atoms with van der Waals surface area (Å²) in [4.78, 5) is 6.17. The van der Waals surface area contributed by atoms with E-state index in [9.17, 15) is 4.39 Å². The van der Waals surface area contributed by atoms with E-state index in [0.717, 1.165) is 16.9 Å². The van der Waals surface area contributed by atoms with Crippen LogP contribution in [0, 0.1) is 5.82 Å². The van der Waals surface area contributed by atoms with Crippen LogP contribution in [0.2, 0.25) is 0 Å². The van der Waals surface area contributed by atoms with Gasteiger partial charge in [0, 0.05) is 26.3 Å². The molecule has 0 saturated heterocycles. The van der Waals surface area contributed by atoms with Gasteiger partial charge in [-0.05, 0) is 31.0 Å². The summed E-state index contributed by atoms with van der Waals surface area (Å²) in [5, 5.41) is 3.40. The number of hydrogen-bond donors (Lipinski definition) is 1. The molecule has 0 fully saturated rings. The zero-order chi connectivity index (χ0) is 14.5. The van der Waals surface area contributed by atoms with Crippen molar-refractivity contribution in [2.24, 2.45) is 0 Å². The van der Waals surface area contributed by atoms with Crippen molar-refractivity contribution in [1.82, 2.24) is 4.98 Å². The zero-order valence-corrected chi connectivity index (χ0v) is 12.1. The first-order valence-corrected chi connectivity index (χ1v) is 6.69. The Balaban J connectivity index is 2.09. The summed E-state index contributed by atoms with van der Waals surface area (Å²) in [5.74, 6) is -0.153. The van der Waals surface area contributed by atoms with Gasteiger partial charge in [0.1, 0.15) is 5.82 Å². The maximum absolute atomic E-state index is 13.6. The van der Waals surface area contributed by atoms with Crippen molar-refractivity contribution < 1.29 is 4.39 Å². The highest BCUT2D eigenvalue weighted by Gasteiger charge is 2.10. The van der Waals surface area contributed by atoms with Crippen molar-refractivity contribution in [1.29, 1.82) is 0 Å². The number of hydrogen-bond acceptors (Lipinski definition) is 3. The van der Waals surface area contributed by atoms with E-state index < -0.39 is 0 Å². The van der Waals surface area contributed by atoms with E-state index in [2.05, 4.69) is 10.3 Å². The number of pyridine rings is 1. The van der Waals surface area contributed by atoms with Crippen molar-refractivity contribution in [3.63, 3.8) is 0 Å². The molecule has 2 aromatic rings. The van der Waals surface area contributed by atoms with E-state index in [4.69, 9.17) is 0 Å². The van der Waals surface area contributed by atoms with Crippen LogP contribution in [0.15, 0.2) is 42.7 Å². The average molecular weight is 273 g/mol. The van der Waals surface area contributed by atoms with Crippen molar-refractivity contribution in [2.75, 3.05) is 24.3 Å². The first-order valence-electron chi connectivity index (χ1n) is 6.69. The van der Waals surface area contributed by atoms with Crippen LogP contribution in [0.3, 0.4) is 0 Å². The molecule has 20 heavy (non-hydrogen) atoms. The number of halogens is 1. The van der Waals surface area contributed by atoms with Crippen LogP contribution >= 0.6 is 0 Å². The number of anilines is 2. The summed E-state index contributed by atoms with van der Waals surface area (Å²) < 4.78 is 13.6. The molecule has 2 rings (SSSR count). The van der Waals surface area contributed by atoms with Crippen LogP contribution < -0.4 is 10.2 Å². The van der Waals surface area contributed by atoms with Crippen molar-refractivity contribution in [3.8, 4) is 0 Å². The van der Waals surface area contributed by atoms with Crippen molar-refractivity contribution in [3.05, 3.63) is 54.1 Å². The number of rotatable bonds is 5. The lowest BCUT2D eigenvalue weighted by atomic mass is 10.1. The van der Waals surface area contributed by atoms with Crippen LogP contribution in [-0.4, -0.2) is 25.1 Å². The van der Waals surface area contributed by atoms with Gasteiger partial charge in [0.25, 0.3) is 0 Å². The molecule has 0 aliphatic heterocycles. The maximum Gasteiger partial charge on any atom is 0.126 e. The Morgan fingerprint density at radius 1 is 1.25 bits per heavy atom. The van der Waals surface area contributed by atoms with Gasteiger partial charge in [0.15, 0.2) is 0 Å². The monoisotopic (exact) mass is 273 g/mol. The highest BCUT2D eigenvalue weighted by atomic mass is 19.1. The Morgan fingerprint density at radius 2 is 2.00 bits per heavy atom. The standard InChI is InChI=1S/C16H20FN3/c1-12(10-13-6-4-5-7-14(13)17)19-15-11-18-9-8-16(15)20(2)3/h4-9,11-12,19H,10H2,1-3H3. The SMILES string of the molecule is CC(Cc1ccccc1F)Nc1cnccc1N(C)C. The summed E-state index contributed by atoms with van der Waals surface area (Å²) >= 11 is 0. The molecule has 1 aromatic carbocycles. The van der Waals surface area contributed by atoms with Gasteiger partial charge >= 0.3 is 0 Å². The highest BCUT2D eigenvalue weighted by molar-refractivity contribution is 5.68. The van der Waals surface area contributed by atoms with Gasteiger partial charge in [0.2, 0.25) is 0 Å². The maximum atomic E-state index is 13.6. The topological polar surface area (TPSA) is 28.2 Å². The van der Waals surface area contributed by atoms with Gasteiger partial charge in [0.05, 0.1) is 17.6 Å². The first-order chi connectivity index (χ1) is 9.58. The second-order valence-electron chi connectivity index (χ2n) is 5.13. The minimum Gasteiger partial charge on any atom is -0.379 e. The molecule has 0 amide bonds. The van der Waals surface area contributed by atoms with Gasteiger partial charge in [-0.2, -0.15) is 0 Å². The third-order valence-electron chi connectivity index (χ3n) is 3.17. The van der Waals surface area contributed by atoms with E-state index in [-0.39, 0.29) is 11.9 Å². The van der Waals surface area contributed by atoms with Gasteiger partial charge in [-0.1, -0.05) is 18.2 Å². The van der Waals surface area contributed by atoms with E-state index in [1.165, 1.54) is 6.07 Å². The molecule has 0 aliphatic carbocycles. The van der Waals surface area contributed by atoms with E-state index in [1.807, 2.05) is 44.1 Å². The summed E-state index contributed by atoms with van der Waals surface area (Å²) in [6.45, 7) is 2.04. The molecule has 0 radical (unpaired) electrons. The predicted molar refractivity (Wildman–Crippen MR) is 81.8 cm³/mol. The van der Waals surface area contributed by atoms with Gasteiger partial charge in [-0.3, -0.25) is 4.98 Å². The highest BCUT2D eigenvalue weighted by Crippen LogP contribution is 2.23. The quantitative estimate of drug-likeness (QED) is 0.905. The summed E-state index contributed by atoms with van der Waals surface area (Å²) in [6.07, 6.45) is 4.20. The first kappa shape index (κ1) is 14.3. The molecule has 1 heterocycles. The number of nitrogens with zero attached hydrogens (tertiary/aromatic N) is 2. The minimum atomic E-state index is -0.153. The lowest BCUT2D eigenvalue weighted by Crippen LogP contribution is -2.21. The predicted octanol–water partition coefficient (Wildman–Crippen LogP) is 3.33. The normalized spacial score (nSPS) is 12.0. The Hall–Kier alpha value is -2.10. The lowest BCUT2D eigenvalue weighted by molar-refractivity contribution is 0.601. The van der Waals surface area contributed by atoms with Crippen LogP contribution in [0.25, 0.3) is 0 Å². The van der Waals surface area contributed by atoms with Crippen LogP contribution in [-0.2, 0) is 6.42 Å². The van der Waals surface area contributed by atoms with E-state index >= 15 is 0 Å². The van der Waals surface area contributed by atoms with Crippen LogP contribution in [0.4, 0.5) is 15.8 Å². The summed E-state index contributed by atoms with van der Waals surface area (Å²) in [7, 11) is 3.98. The van der Waals surface area contributed by atoms with E-state index in [0.29, 0.717) is 6.42 Å². The second-order valence-corrected chi connectivity index (χ2v) is 5.13. The summed E-state index contributed by atoms with van der Waals surface area (Å²) in [5.41, 5.74) is 2.75. The van der Waals surface area contributed by atoms with Crippen molar-refractivity contribution in [2.45, 2.75) is 19.4 Å². The Bertz CT molecular complexity index is 569. The molecule has 4 heteroatoms. The minimum absolute atomic E-state index is 0.120. The summed E-state index contributed by atoms with van der Waals surface area (Å²) in [6, 6.07) is 8.97. The Labute approximate surface area is 119 Å². The molecule has 3 nitrogen and oxygen atoms in total. The molecular formula is C16H20FN3. The fourth-order valence-corrected chi connectivity index (χ4v) is 2.20. The Morgan fingerprint density at radius 3 is 2.70 bits per heavy atom. The lowest BCUT2D eigenvalue weighted by Gasteiger charge is -2.21. The smallest absolute Gasteiger partial charge is 0.126 e. The van der Waals surface area contributed by atoms with E-state index in [1.54, 1.807) is 18.5 Å². The average Bonchev–Trinajstić information content (AvgIpc) is 2.41. The molecule has 0 aliphatic rings. The van der Waals surface area contributed by atoms with Gasteiger partial charge in [-0.25, -0.2) is 4.39 Å². The molecule has 1 aromatic heterocycles. The molecule has 106 valence electrons. The molecule has 0 bridgehead atoms. The molecule has 0 saturated carbocycles. The van der Waals surface area contributed by atoms with Crippen molar-refractivity contribution >= 4 is 11.4 Å². The zero-order valence-electron chi connectivity index (χ0n) is 12.1. The van der Waals surface area contributed by atoms with Gasteiger partial charge in [-0.15, -0.1) is 0 Å². The number of aromatic nitrogens is 1. The molecule has 1 atom stereocenters. The Kier molecular flexibility index (Phi) is 4.56. The molecule has 0 spiro atoms. The third kappa shape index (κ3) is 3.47. The molecular weight excluding hydrogens is 253 g/mol. The fraction of sp³-hybridized carbons (Fsp3) is 0.312. The van der Waals surface area contributed by atoms with Gasteiger partial charge < -0.3 is 10.2 Å². The second kappa shape index (κ2) is 6.37. The number of nitrogens with one attached hydrogen (secondary N) is 1. The fourth-order valence-electron chi connectivity index (χ4n) is 2.20.